The molecule has 0 bridgehead atoms. The van der Waals surface area contributed by atoms with Gasteiger partial charge in [0.05, 0.1) is 20.3 Å². The van der Waals surface area contributed by atoms with Gasteiger partial charge in [-0.2, -0.15) is 0 Å². The van der Waals surface area contributed by atoms with Crippen LogP contribution in [0.5, 0.6) is 23.0 Å². The van der Waals surface area contributed by atoms with E-state index in [0.717, 1.165) is 6.07 Å². The van der Waals surface area contributed by atoms with E-state index in [9.17, 15) is 50.8 Å². The molecule has 0 unspecified atom stereocenters. The molecule has 0 spiro atoms. The van der Waals surface area contributed by atoms with Crippen molar-refractivity contribution < 1.29 is 74.1 Å². The lowest BCUT2D eigenvalue weighted by atomic mass is 9.99. The topological polar surface area (TPSA) is 258 Å². The monoisotopic (exact) mass is 624 g/mol. The molecule has 5 rings (SSSR count). The number of phenols is 1. The molecule has 16 nitrogen and oxygen atoms in total. The van der Waals surface area contributed by atoms with Crippen molar-refractivity contribution in [3.8, 4) is 34.3 Å². The Balaban J connectivity index is 1.58. The van der Waals surface area contributed by atoms with Crippen LogP contribution in [0.1, 0.15) is 0 Å². The first-order chi connectivity index (χ1) is 21.0. The van der Waals surface area contributed by atoms with Crippen molar-refractivity contribution in [2.75, 3.05) is 20.3 Å². The predicted octanol–water partition coefficient (Wildman–Crippen LogP) is -2.47. The number of ether oxygens (including phenoxy) is 5. The molecule has 16 heteroatoms. The number of methoxy groups -OCH3 is 1. The number of phenolic OH excluding ortho intramolecular Hbond substituents is 1. The van der Waals surface area contributed by atoms with Gasteiger partial charge < -0.3 is 74.1 Å². The molecule has 2 fully saturated rings. The summed E-state index contributed by atoms with van der Waals surface area (Å²) in [6, 6.07) is 8.27. The number of rotatable bonds is 8. The molecule has 9 N–H and O–H groups in total. The molecule has 0 aliphatic carbocycles. The highest BCUT2D eigenvalue weighted by Crippen LogP contribution is 2.38. The van der Waals surface area contributed by atoms with Gasteiger partial charge in [0.15, 0.2) is 5.76 Å². The van der Waals surface area contributed by atoms with Crippen LogP contribution in [0.15, 0.2) is 45.6 Å². The van der Waals surface area contributed by atoms with Gasteiger partial charge in [0.2, 0.25) is 23.8 Å². The van der Waals surface area contributed by atoms with Gasteiger partial charge in [-0.05, 0) is 24.3 Å². The lowest BCUT2D eigenvalue weighted by Crippen LogP contribution is -2.60. The first-order valence-corrected chi connectivity index (χ1v) is 13.4. The Morgan fingerprint density at radius 1 is 0.727 bits per heavy atom. The smallest absolute Gasteiger partial charge is 0.239 e. The van der Waals surface area contributed by atoms with E-state index in [2.05, 4.69) is 0 Å². The van der Waals surface area contributed by atoms with Crippen LogP contribution in [-0.4, -0.2) is 128 Å². The van der Waals surface area contributed by atoms with E-state index in [-0.39, 0.29) is 22.7 Å². The Morgan fingerprint density at radius 2 is 1.27 bits per heavy atom. The molecule has 2 aromatic carbocycles. The van der Waals surface area contributed by atoms with Gasteiger partial charge in [0.25, 0.3) is 0 Å². The first kappa shape index (κ1) is 31.9. The van der Waals surface area contributed by atoms with Crippen molar-refractivity contribution >= 4 is 11.0 Å². The fraction of sp³-hybridized carbons (Fsp3) is 0.464. The molecule has 2 aliphatic heterocycles. The quantitative estimate of drug-likeness (QED) is 0.126. The summed E-state index contributed by atoms with van der Waals surface area (Å²) in [6.45, 7) is -1.45. The predicted molar refractivity (Wildman–Crippen MR) is 145 cm³/mol. The summed E-state index contributed by atoms with van der Waals surface area (Å²) in [7, 11) is 1.44. The van der Waals surface area contributed by atoms with Crippen LogP contribution in [0.3, 0.4) is 0 Å². The Bertz CT molecular complexity index is 1500. The minimum Gasteiger partial charge on any atom is -0.507 e. The lowest BCUT2D eigenvalue weighted by Gasteiger charge is -2.39. The number of hydrogen-bond acceptors (Lipinski definition) is 16. The van der Waals surface area contributed by atoms with Gasteiger partial charge >= 0.3 is 0 Å². The van der Waals surface area contributed by atoms with E-state index < -0.39 is 96.9 Å². The van der Waals surface area contributed by atoms with Crippen molar-refractivity contribution in [1.82, 2.24) is 0 Å². The van der Waals surface area contributed by atoms with Gasteiger partial charge in [-0.25, -0.2) is 0 Å². The average Bonchev–Trinajstić information content (AvgIpc) is 3.02. The molecule has 240 valence electrons. The minimum atomic E-state index is -1.87. The van der Waals surface area contributed by atoms with Crippen molar-refractivity contribution in [3.05, 3.63) is 46.6 Å². The number of aromatic hydroxyl groups is 1. The summed E-state index contributed by atoms with van der Waals surface area (Å²) in [5.41, 5.74) is -0.948. The van der Waals surface area contributed by atoms with E-state index in [1.807, 2.05) is 0 Å². The van der Waals surface area contributed by atoms with Crippen LogP contribution in [-0.2, 0) is 9.47 Å². The number of aliphatic hydroxyl groups is 8. The maximum absolute atomic E-state index is 13.8. The summed E-state index contributed by atoms with van der Waals surface area (Å²) in [5, 5.41) is 90.7. The van der Waals surface area contributed by atoms with Crippen molar-refractivity contribution in [1.29, 1.82) is 0 Å². The van der Waals surface area contributed by atoms with Crippen molar-refractivity contribution in [2.45, 2.75) is 61.4 Å². The highest BCUT2D eigenvalue weighted by atomic mass is 16.7. The van der Waals surface area contributed by atoms with Crippen molar-refractivity contribution in [3.63, 3.8) is 0 Å². The number of benzene rings is 2. The van der Waals surface area contributed by atoms with Gasteiger partial charge in [0.1, 0.15) is 77.0 Å². The zero-order chi connectivity index (χ0) is 31.9. The summed E-state index contributed by atoms with van der Waals surface area (Å²) in [5.74, 6) is -1.22. The Morgan fingerprint density at radius 3 is 1.80 bits per heavy atom. The molecule has 10 atom stereocenters. The first-order valence-electron chi connectivity index (χ1n) is 13.4. The third-order valence-electron chi connectivity index (χ3n) is 7.44. The highest BCUT2D eigenvalue weighted by Gasteiger charge is 2.46. The second-order valence-corrected chi connectivity index (χ2v) is 10.3. The minimum absolute atomic E-state index is 0.203. The van der Waals surface area contributed by atoms with Crippen molar-refractivity contribution in [2.24, 2.45) is 0 Å². The van der Waals surface area contributed by atoms with Crippen LogP contribution in [0, 0.1) is 0 Å². The summed E-state index contributed by atoms with van der Waals surface area (Å²) in [6.07, 6.45) is -16.5. The maximum Gasteiger partial charge on any atom is 0.239 e. The fourth-order valence-electron chi connectivity index (χ4n) is 4.95. The lowest BCUT2D eigenvalue weighted by molar-refractivity contribution is -0.277. The maximum atomic E-state index is 13.8. The fourth-order valence-corrected chi connectivity index (χ4v) is 4.95. The molecule has 2 aliphatic rings. The third kappa shape index (κ3) is 5.80. The van der Waals surface area contributed by atoms with Crippen LogP contribution in [0.4, 0.5) is 0 Å². The summed E-state index contributed by atoms with van der Waals surface area (Å²) >= 11 is 0. The summed E-state index contributed by atoms with van der Waals surface area (Å²) in [4.78, 5) is 13.8. The molecule has 0 amide bonds. The third-order valence-corrected chi connectivity index (χ3v) is 7.44. The largest absolute Gasteiger partial charge is 0.507 e. The molecular weight excluding hydrogens is 592 g/mol. The van der Waals surface area contributed by atoms with Crippen LogP contribution < -0.4 is 19.6 Å². The van der Waals surface area contributed by atoms with E-state index in [1.54, 1.807) is 12.1 Å². The molecule has 44 heavy (non-hydrogen) atoms. The Hall–Kier alpha value is -3.55. The van der Waals surface area contributed by atoms with Crippen LogP contribution in [0.25, 0.3) is 22.3 Å². The van der Waals surface area contributed by atoms with Gasteiger partial charge in [-0.3, -0.25) is 4.79 Å². The number of hydrogen-bond donors (Lipinski definition) is 9. The molecule has 3 aromatic rings. The van der Waals surface area contributed by atoms with Crippen LogP contribution in [0.2, 0.25) is 0 Å². The highest BCUT2D eigenvalue weighted by molar-refractivity contribution is 5.88. The Kier molecular flexibility index (Phi) is 9.28. The zero-order valence-electron chi connectivity index (χ0n) is 23.0. The van der Waals surface area contributed by atoms with Gasteiger partial charge in [-0.15, -0.1) is 0 Å². The molecule has 0 saturated carbocycles. The van der Waals surface area contributed by atoms with E-state index in [1.165, 1.54) is 25.3 Å². The standard InChI is InChI=1S/C28H32O16/c1-39-11-4-2-10(3-5-11)25-26(44-28-24(38)22(36)19(33)16(9-30)43-28)20(34)17-13(31)6-12(7-14(17)41-25)40-27-23(37)21(35)18(32)15(8-29)42-27/h2-7,15-16,18-19,21-24,27-33,35-38H,8-9H2,1H3/t15-,16-,18-,19-,21-,22-,23-,24-,27-,28-/m0/s1. The Labute approximate surface area is 248 Å². The van der Waals surface area contributed by atoms with Gasteiger partial charge in [-0.1, -0.05) is 0 Å². The molecule has 0 radical (unpaired) electrons. The molecular formula is C28H32O16. The van der Waals surface area contributed by atoms with Crippen LogP contribution >= 0.6 is 0 Å². The second kappa shape index (κ2) is 12.8. The summed E-state index contributed by atoms with van der Waals surface area (Å²) < 4.78 is 33.2. The second-order valence-electron chi connectivity index (χ2n) is 10.3. The SMILES string of the molecule is COc1ccc(-c2oc3cc(O[C@H]4O[C@@H](CO)[C@H](O)[C@H](O)[C@@H]4O)cc(O)c3c(=O)c2O[C@@H]2O[C@@H](CO)[C@H](O)[C@H](O)[C@@H]2O)cc1. The molecule has 1 aromatic heterocycles. The van der Waals surface area contributed by atoms with E-state index in [0.29, 0.717) is 5.75 Å². The average molecular weight is 625 g/mol. The van der Waals surface area contributed by atoms with E-state index in [4.69, 9.17) is 28.1 Å². The number of aliphatic hydroxyl groups excluding tert-OH is 8. The zero-order valence-corrected chi connectivity index (χ0v) is 23.0. The van der Waals surface area contributed by atoms with E-state index >= 15 is 0 Å². The number of fused-ring (bicyclic) bond motifs is 1. The molecule has 3 heterocycles. The normalized spacial score (nSPS) is 32.4. The van der Waals surface area contributed by atoms with Gasteiger partial charge in [0, 0.05) is 17.7 Å². The molecule has 2 saturated heterocycles.